The van der Waals surface area contributed by atoms with Crippen LogP contribution in [0.3, 0.4) is 0 Å². The van der Waals surface area contributed by atoms with E-state index in [0.29, 0.717) is 0 Å². The number of aromatic amines is 1. The molecular weight excluding hydrogens is 240 g/mol. The topological polar surface area (TPSA) is 28.7 Å². The molecule has 0 fully saturated rings. The molecule has 0 aliphatic heterocycles. The van der Waals surface area contributed by atoms with Crippen molar-refractivity contribution in [3.8, 4) is 11.1 Å². The van der Waals surface area contributed by atoms with Crippen LogP contribution in [0.25, 0.3) is 11.1 Å². The summed E-state index contributed by atoms with van der Waals surface area (Å²) in [5, 5.41) is 7.15. The van der Waals surface area contributed by atoms with Crippen LogP contribution in [0.1, 0.15) is 11.3 Å². The molecule has 0 atom stereocenters. The van der Waals surface area contributed by atoms with Crippen molar-refractivity contribution in [1.82, 2.24) is 10.2 Å². The monoisotopic (exact) mass is 248 g/mol. The van der Waals surface area contributed by atoms with Crippen LogP contribution in [0.5, 0.6) is 0 Å². The summed E-state index contributed by atoms with van der Waals surface area (Å²) in [6, 6.07) is 6.37. The quantitative estimate of drug-likeness (QED) is 0.764. The molecule has 2 aromatic rings. The first-order chi connectivity index (χ1) is 6.86. The SMILES string of the molecule is Brc1cccc2c1-c1cn[nH]c1CC2. The van der Waals surface area contributed by atoms with Gasteiger partial charge in [0.15, 0.2) is 0 Å². The highest BCUT2D eigenvalue weighted by atomic mass is 79.9. The van der Waals surface area contributed by atoms with Gasteiger partial charge in [-0.3, -0.25) is 5.10 Å². The van der Waals surface area contributed by atoms with Gasteiger partial charge in [-0.1, -0.05) is 28.1 Å². The Morgan fingerprint density at radius 3 is 3.14 bits per heavy atom. The lowest BCUT2D eigenvalue weighted by molar-refractivity contribution is 0.881. The maximum Gasteiger partial charge on any atom is 0.0569 e. The number of aromatic nitrogens is 2. The van der Waals surface area contributed by atoms with Gasteiger partial charge in [0, 0.05) is 21.3 Å². The van der Waals surface area contributed by atoms with Crippen LogP contribution in [0, 0.1) is 0 Å². The Kier molecular flexibility index (Phi) is 1.74. The summed E-state index contributed by atoms with van der Waals surface area (Å²) >= 11 is 3.59. The number of hydrogen-bond donors (Lipinski definition) is 1. The van der Waals surface area contributed by atoms with Gasteiger partial charge in [-0.05, 0) is 24.5 Å². The van der Waals surface area contributed by atoms with E-state index in [4.69, 9.17) is 0 Å². The number of halogens is 1. The Hall–Kier alpha value is -1.09. The Morgan fingerprint density at radius 1 is 1.29 bits per heavy atom. The number of H-pyrrole nitrogens is 1. The number of nitrogens with one attached hydrogen (secondary N) is 1. The molecule has 1 aromatic carbocycles. The van der Waals surface area contributed by atoms with Crippen LogP contribution in [0.4, 0.5) is 0 Å². The van der Waals surface area contributed by atoms with Gasteiger partial charge in [-0.2, -0.15) is 5.10 Å². The first-order valence-corrected chi connectivity index (χ1v) is 5.45. The van der Waals surface area contributed by atoms with Crippen LogP contribution < -0.4 is 0 Å². The Morgan fingerprint density at radius 2 is 2.21 bits per heavy atom. The third-order valence-corrected chi connectivity index (χ3v) is 3.39. The van der Waals surface area contributed by atoms with Crippen LogP contribution in [-0.2, 0) is 12.8 Å². The van der Waals surface area contributed by atoms with Gasteiger partial charge >= 0.3 is 0 Å². The van der Waals surface area contributed by atoms with Gasteiger partial charge in [0.2, 0.25) is 0 Å². The molecule has 3 heteroatoms. The molecule has 1 aliphatic carbocycles. The number of rotatable bonds is 0. The van der Waals surface area contributed by atoms with Crippen molar-refractivity contribution in [1.29, 1.82) is 0 Å². The molecule has 0 amide bonds. The van der Waals surface area contributed by atoms with E-state index in [1.54, 1.807) is 0 Å². The minimum atomic E-state index is 1.07. The fourth-order valence-electron chi connectivity index (χ4n) is 2.06. The highest BCUT2D eigenvalue weighted by molar-refractivity contribution is 9.10. The second-order valence-corrected chi connectivity index (χ2v) is 4.39. The maximum atomic E-state index is 4.10. The summed E-state index contributed by atoms with van der Waals surface area (Å²) in [7, 11) is 0. The summed E-state index contributed by atoms with van der Waals surface area (Å²) < 4.78 is 1.16. The minimum Gasteiger partial charge on any atom is -0.282 e. The van der Waals surface area contributed by atoms with Gasteiger partial charge < -0.3 is 0 Å². The lowest BCUT2D eigenvalue weighted by Gasteiger charge is -2.16. The highest BCUT2D eigenvalue weighted by Crippen LogP contribution is 2.37. The Labute approximate surface area is 90.5 Å². The molecule has 14 heavy (non-hydrogen) atoms. The number of benzene rings is 1. The van der Waals surface area contributed by atoms with Crippen LogP contribution in [-0.4, -0.2) is 10.2 Å². The first kappa shape index (κ1) is 8.24. The van der Waals surface area contributed by atoms with E-state index >= 15 is 0 Å². The maximum absolute atomic E-state index is 4.10. The summed E-state index contributed by atoms with van der Waals surface area (Å²) in [4.78, 5) is 0. The highest BCUT2D eigenvalue weighted by Gasteiger charge is 2.19. The number of hydrogen-bond acceptors (Lipinski definition) is 1. The molecule has 2 nitrogen and oxygen atoms in total. The predicted octanol–water partition coefficient (Wildman–Crippen LogP) is 2.94. The van der Waals surface area contributed by atoms with Gasteiger partial charge in [-0.25, -0.2) is 0 Å². The van der Waals surface area contributed by atoms with Crippen molar-refractivity contribution in [2.24, 2.45) is 0 Å². The molecule has 3 rings (SSSR count). The van der Waals surface area contributed by atoms with Gasteiger partial charge in [0.1, 0.15) is 0 Å². The summed E-state index contributed by atoms with van der Waals surface area (Å²) in [5.74, 6) is 0. The minimum absolute atomic E-state index is 1.07. The van der Waals surface area contributed by atoms with Crippen LogP contribution in [0.15, 0.2) is 28.9 Å². The third-order valence-electron chi connectivity index (χ3n) is 2.73. The molecule has 0 spiro atoms. The second-order valence-electron chi connectivity index (χ2n) is 3.54. The predicted molar refractivity (Wildman–Crippen MR) is 59.1 cm³/mol. The number of fused-ring (bicyclic) bond motifs is 3. The normalized spacial score (nSPS) is 13.5. The van der Waals surface area contributed by atoms with Crippen molar-refractivity contribution >= 4 is 15.9 Å². The molecule has 1 aromatic heterocycles. The largest absolute Gasteiger partial charge is 0.282 e. The van der Waals surface area contributed by atoms with Gasteiger partial charge in [0.25, 0.3) is 0 Å². The summed E-state index contributed by atoms with van der Waals surface area (Å²) in [5.41, 5.74) is 5.22. The zero-order valence-electron chi connectivity index (χ0n) is 7.55. The first-order valence-electron chi connectivity index (χ1n) is 4.66. The van der Waals surface area contributed by atoms with E-state index in [0.717, 1.165) is 17.3 Å². The molecule has 70 valence electrons. The van der Waals surface area contributed by atoms with Gasteiger partial charge in [-0.15, -0.1) is 0 Å². The zero-order chi connectivity index (χ0) is 9.54. The molecule has 1 heterocycles. The number of aryl methyl sites for hydroxylation is 2. The number of nitrogens with zero attached hydrogens (tertiary/aromatic N) is 1. The van der Waals surface area contributed by atoms with E-state index in [-0.39, 0.29) is 0 Å². The van der Waals surface area contributed by atoms with Crippen LogP contribution >= 0.6 is 15.9 Å². The summed E-state index contributed by atoms with van der Waals surface area (Å²) in [6.45, 7) is 0. The van der Waals surface area contributed by atoms with Crippen molar-refractivity contribution in [3.63, 3.8) is 0 Å². The van der Waals surface area contributed by atoms with E-state index in [2.05, 4.69) is 44.3 Å². The Balaban J connectivity index is 2.34. The smallest absolute Gasteiger partial charge is 0.0569 e. The van der Waals surface area contributed by atoms with Crippen molar-refractivity contribution in [3.05, 3.63) is 40.1 Å². The molecule has 0 saturated carbocycles. The van der Waals surface area contributed by atoms with Crippen molar-refractivity contribution < 1.29 is 0 Å². The molecule has 1 aliphatic rings. The summed E-state index contributed by atoms with van der Waals surface area (Å²) in [6.07, 6.45) is 4.08. The molecule has 0 bridgehead atoms. The van der Waals surface area contributed by atoms with E-state index in [9.17, 15) is 0 Å². The fraction of sp³-hybridized carbons (Fsp3) is 0.182. The Bertz CT molecular complexity index is 488. The molecular formula is C11H9BrN2. The average Bonchev–Trinajstić information content (AvgIpc) is 2.65. The van der Waals surface area contributed by atoms with Crippen molar-refractivity contribution in [2.75, 3.05) is 0 Å². The molecule has 1 N–H and O–H groups in total. The zero-order valence-corrected chi connectivity index (χ0v) is 9.13. The van der Waals surface area contributed by atoms with E-state index in [1.165, 1.54) is 22.4 Å². The fourth-order valence-corrected chi connectivity index (χ4v) is 2.68. The average molecular weight is 249 g/mol. The molecule has 0 saturated heterocycles. The molecule has 0 unspecified atom stereocenters. The lowest BCUT2D eigenvalue weighted by Crippen LogP contribution is -2.03. The lowest BCUT2D eigenvalue weighted by atomic mass is 9.90. The van der Waals surface area contributed by atoms with Crippen LogP contribution in [0.2, 0.25) is 0 Å². The third kappa shape index (κ3) is 1.05. The van der Waals surface area contributed by atoms with Gasteiger partial charge in [0.05, 0.1) is 6.20 Å². The van der Waals surface area contributed by atoms with E-state index in [1.807, 2.05) is 6.20 Å². The molecule has 0 radical (unpaired) electrons. The van der Waals surface area contributed by atoms with E-state index < -0.39 is 0 Å². The standard InChI is InChI=1S/C11H9BrN2/c12-9-3-1-2-7-4-5-10-8(11(7)9)6-13-14-10/h1-3,6H,4-5H2,(H,13,14). The van der Waals surface area contributed by atoms with Crippen molar-refractivity contribution in [2.45, 2.75) is 12.8 Å². The second kappa shape index (κ2) is 2.95.